The number of carbonyl (C=O) groups is 1. The van der Waals surface area contributed by atoms with Crippen LogP contribution in [0.4, 0.5) is 0 Å². The molecule has 1 heterocycles. The molecule has 0 aliphatic carbocycles. The maximum atomic E-state index is 12.5. The number of benzene rings is 2. The average molecular weight is 411 g/mol. The molecule has 2 atom stereocenters. The van der Waals surface area contributed by atoms with E-state index >= 15 is 0 Å². The summed E-state index contributed by atoms with van der Waals surface area (Å²) in [5.74, 6) is 1.75. The van der Waals surface area contributed by atoms with Gasteiger partial charge in [-0.3, -0.25) is 9.89 Å². The highest BCUT2D eigenvalue weighted by atomic mass is 32.2. The van der Waals surface area contributed by atoms with E-state index in [9.17, 15) is 4.79 Å². The van der Waals surface area contributed by atoms with E-state index in [-0.39, 0.29) is 11.2 Å². The molecule has 0 radical (unpaired) electrons. The smallest absolute Gasteiger partial charge is 0.233 e. The van der Waals surface area contributed by atoms with E-state index in [0.29, 0.717) is 23.4 Å². The maximum absolute atomic E-state index is 12.5. The summed E-state index contributed by atoms with van der Waals surface area (Å²) < 4.78 is 5.17. The fraction of sp³-hybridized carbons (Fsp3) is 0.318. The van der Waals surface area contributed by atoms with E-state index in [1.165, 1.54) is 17.3 Å². The SMILES string of the molecule is CC[C@H](CNC(=O)[C@H](C)Sc1n[nH]c(-c2ccc(OC)cc2)n1)c1ccccc1. The Morgan fingerprint density at radius 2 is 1.90 bits per heavy atom. The monoisotopic (exact) mass is 410 g/mol. The molecule has 6 nitrogen and oxygen atoms in total. The van der Waals surface area contributed by atoms with Gasteiger partial charge in [-0.2, -0.15) is 0 Å². The molecule has 0 saturated carbocycles. The van der Waals surface area contributed by atoms with Crippen LogP contribution in [0.15, 0.2) is 59.8 Å². The summed E-state index contributed by atoms with van der Waals surface area (Å²) >= 11 is 1.34. The number of aromatic nitrogens is 3. The van der Waals surface area contributed by atoms with Crippen molar-refractivity contribution in [3.05, 3.63) is 60.2 Å². The quantitative estimate of drug-likeness (QED) is 0.515. The highest BCUT2D eigenvalue weighted by molar-refractivity contribution is 8.00. The number of carbonyl (C=O) groups excluding carboxylic acids is 1. The van der Waals surface area contributed by atoms with Crippen molar-refractivity contribution in [3.8, 4) is 17.1 Å². The molecule has 29 heavy (non-hydrogen) atoms. The highest BCUT2D eigenvalue weighted by Crippen LogP contribution is 2.24. The summed E-state index contributed by atoms with van der Waals surface area (Å²) in [6.07, 6.45) is 0.970. The lowest BCUT2D eigenvalue weighted by molar-refractivity contribution is -0.120. The van der Waals surface area contributed by atoms with Crippen molar-refractivity contribution in [3.63, 3.8) is 0 Å². The van der Waals surface area contributed by atoms with Crippen LogP contribution in [0.3, 0.4) is 0 Å². The molecule has 2 N–H and O–H groups in total. The third kappa shape index (κ3) is 5.60. The van der Waals surface area contributed by atoms with Gasteiger partial charge in [0, 0.05) is 18.0 Å². The van der Waals surface area contributed by atoms with Crippen molar-refractivity contribution in [2.45, 2.75) is 36.6 Å². The fourth-order valence-corrected chi connectivity index (χ4v) is 3.73. The van der Waals surface area contributed by atoms with Gasteiger partial charge in [0.25, 0.3) is 0 Å². The molecule has 7 heteroatoms. The summed E-state index contributed by atoms with van der Waals surface area (Å²) in [5.41, 5.74) is 2.16. The van der Waals surface area contributed by atoms with Crippen LogP contribution in [0, 0.1) is 0 Å². The van der Waals surface area contributed by atoms with E-state index in [1.807, 2.05) is 49.4 Å². The summed E-state index contributed by atoms with van der Waals surface area (Å²) in [6.45, 7) is 4.62. The summed E-state index contributed by atoms with van der Waals surface area (Å²) in [5, 5.41) is 10.5. The Balaban J connectivity index is 1.55. The Bertz CT molecular complexity index is 912. The van der Waals surface area contributed by atoms with Gasteiger partial charge in [0.1, 0.15) is 5.75 Å². The van der Waals surface area contributed by atoms with E-state index in [1.54, 1.807) is 7.11 Å². The molecule has 0 saturated heterocycles. The number of aromatic amines is 1. The lowest BCUT2D eigenvalue weighted by atomic mass is 9.96. The molecule has 3 rings (SSSR count). The van der Waals surface area contributed by atoms with Crippen molar-refractivity contribution in [1.29, 1.82) is 0 Å². The predicted octanol–water partition coefficient (Wildman–Crippen LogP) is 4.27. The molecule has 152 valence electrons. The van der Waals surface area contributed by atoms with E-state index in [0.717, 1.165) is 17.7 Å². The van der Waals surface area contributed by atoms with Crippen LogP contribution in [0.2, 0.25) is 0 Å². The van der Waals surface area contributed by atoms with Gasteiger partial charge in [0.2, 0.25) is 11.1 Å². The Kier molecular flexibility index (Phi) is 7.30. The molecule has 3 aromatic rings. The first-order chi connectivity index (χ1) is 14.1. The first-order valence-electron chi connectivity index (χ1n) is 9.66. The zero-order chi connectivity index (χ0) is 20.6. The second-order valence-corrected chi connectivity index (χ2v) is 8.02. The summed E-state index contributed by atoms with van der Waals surface area (Å²) in [6, 6.07) is 17.8. The summed E-state index contributed by atoms with van der Waals surface area (Å²) in [7, 11) is 1.63. The molecule has 0 spiro atoms. The standard InChI is InChI=1S/C22H26N4O2S/c1-4-16(17-8-6-5-7-9-17)14-23-21(27)15(2)29-22-24-20(25-26-22)18-10-12-19(28-3)13-11-18/h5-13,15-16H,4,14H2,1-3H3,(H,23,27)(H,24,25,26)/t15-,16+/m0/s1. The molecule has 2 aromatic carbocycles. The third-order valence-electron chi connectivity index (χ3n) is 4.77. The number of nitrogens with one attached hydrogen (secondary N) is 2. The molecular weight excluding hydrogens is 384 g/mol. The minimum absolute atomic E-state index is 0.0137. The van der Waals surface area contributed by atoms with Gasteiger partial charge in [-0.25, -0.2) is 4.98 Å². The largest absolute Gasteiger partial charge is 0.497 e. The van der Waals surface area contributed by atoms with Crippen molar-refractivity contribution in [2.24, 2.45) is 0 Å². The second kappa shape index (κ2) is 10.1. The first-order valence-corrected chi connectivity index (χ1v) is 10.5. The molecule has 0 aliphatic rings. The van der Waals surface area contributed by atoms with E-state index in [4.69, 9.17) is 4.74 Å². The van der Waals surface area contributed by atoms with Gasteiger partial charge in [-0.15, -0.1) is 5.10 Å². The van der Waals surface area contributed by atoms with Gasteiger partial charge in [0.05, 0.1) is 12.4 Å². The van der Waals surface area contributed by atoms with E-state index in [2.05, 4.69) is 39.6 Å². The number of H-pyrrole nitrogens is 1. The topological polar surface area (TPSA) is 79.9 Å². The van der Waals surface area contributed by atoms with Crippen LogP contribution in [-0.4, -0.2) is 40.0 Å². The lowest BCUT2D eigenvalue weighted by Gasteiger charge is -2.17. The Morgan fingerprint density at radius 1 is 1.17 bits per heavy atom. The molecular formula is C22H26N4O2S. The maximum Gasteiger partial charge on any atom is 0.233 e. The summed E-state index contributed by atoms with van der Waals surface area (Å²) in [4.78, 5) is 17.0. The molecule has 0 aliphatic heterocycles. The van der Waals surface area contributed by atoms with E-state index < -0.39 is 0 Å². The number of amides is 1. The molecule has 1 aromatic heterocycles. The number of thioether (sulfide) groups is 1. The zero-order valence-corrected chi connectivity index (χ0v) is 17.7. The van der Waals surface area contributed by atoms with Gasteiger partial charge >= 0.3 is 0 Å². The fourth-order valence-electron chi connectivity index (χ4n) is 2.98. The Hall–Kier alpha value is -2.80. The van der Waals surface area contributed by atoms with Gasteiger partial charge < -0.3 is 10.1 Å². The number of rotatable bonds is 9. The number of methoxy groups -OCH3 is 1. The average Bonchev–Trinajstić information content (AvgIpc) is 3.23. The number of nitrogens with zero attached hydrogens (tertiary/aromatic N) is 2. The Labute approximate surface area is 175 Å². The molecule has 0 unspecified atom stereocenters. The minimum Gasteiger partial charge on any atom is -0.497 e. The third-order valence-corrected chi connectivity index (χ3v) is 5.73. The first kappa shape index (κ1) is 20.9. The number of ether oxygens (including phenoxy) is 1. The number of hydrogen-bond acceptors (Lipinski definition) is 5. The normalized spacial score (nSPS) is 12.9. The van der Waals surface area contributed by atoms with Crippen molar-refractivity contribution < 1.29 is 9.53 Å². The zero-order valence-electron chi connectivity index (χ0n) is 16.9. The van der Waals surface area contributed by atoms with Gasteiger partial charge in [-0.05, 0) is 43.2 Å². The lowest BCUT2D eigenvalue weighted by Crippen LogP contribution is -2.34. The Morgan fingerprint density at radius 3 is 2.55 bits per heavy atom. The van der Waals surface area contributed by atoms with Crippen LogP contribution in [0.1, 0.15) is 31.7 Å². The van der Waals surface area contributed by atoms with Crippen LogP contribution < -0.4 is 10.1 Å². The second-order valence-electron chi connectivity index (χ2n) is 6.72. The van der Waals surface area contributed by atoms with Crippen LogP contribution >= 0.6 is 11.8 Å². The molecule has 1 amide bonds. The molecule has 0 fully saturated rings. The van der Waals surface area contributed by atoms with Crippen LogP contribution in [0.5, 0.6) is 5.75 Å². The minimum atomic E-state index is -0.289. The van der Waals surface area contributed by atoms with Crippen molar-refractivity contribution in [2.75, 3.05) is 13.7 Å². The van der Waals surface area contributed by atoms with Gasteiger partial charge in [-0.1, -0.05) is 49.0 Å². The van der Waals surface area contributed by atoms with Crippen LogP contribution in [-0.2, 0) is 4.79 Å². The number of hydrogen-bond donors (Lipinski definition) is 2. The van der Waals surface area contributed by atoms with Gasteiger partial charge in [0.15, 0.2) is 5.82 Å². The van der Waals surface area contributed by atoms with Crippen molar-refractivity contribution >= 4 is 17.7 Å². The van der Waals surface area contributed by atoms with Crippen molar-refractivity contribution in [1.82, 2.24) is 20.5 Å². The van der Waals surface area contributed by atoms with Crippen LogP contribution in [0.25, 0.3) is 11.4 Å². The highest BCUT2D eigenvalue weighted by Gasteiger charge is 2.19. The predicted molar refractivity (Wildman–Crippen MR) is 116 cm³/mol. The molecule has 0 bridgehead atoms.